The van der Waals surface area contributed by atoms with Crippen molar-refractivity contribution in [1.82, 2.24) is 10.3 Å². The van der Waals surface area contributed by atoms with E-state index < -0.39 is 5.82 Å². The van der Waals surface area contributed by atoms with Gasteiger partial charge in [-0.25, -0.2) is 4.39 Å². The SMILES string of the molecule is Cc1c(C(=O)NCc2ccc(Cl)cc2F)[nH]c2ccccc12. The Balaban J connectivity index is 1.80. The predicted octanol–water partition coefficient (Wildman–Crippen LogP) is 4.20. The zero-order valence-corrected chi connectivity index (χ0v) is 12.7. The summed E-state index contributed by atoms with van der Waals surface area (Å²) in [5.74, 6) is -0.691. The molecule has 1 aromatic heterocycles. The number of fused-ring (bicyclic) bond motifs is 1. The minimum atomic E-state index is -0.429. The summed E-state index contributed by atoms with van der Waals surface area (Å²) in [6, 6.07) is 12.1. The van der Waals surface area contributed by atoms with Crippen molar-refractivity contribution >= 4 is 28.4 Å². The lowest BCUT2D eigenvalue weighted by molar-refractivity contribution is 0.0946. The minimum Gasteiger partial charge on any atom is -0.350 e. The van der Waals surface area contributed by atoms with Gasteiger partial charge in [0.15, 0.2) is 0 Å². The number of rotatable bonds is 3. The lowest BCUT2D eigenvalue weighted by atomic mass is 10.1. The van der Waals surface area contributed by atoms with Crippen LogP contribution in [0, 0.1) is 12.7 Å². The number of aryl methyl sites for hydroxylation is 1. The van der Waals surface area contributed by atoms with E-state index in [9.17, 15) is 9.18 Å². The van der Waals surface area contributed by atoms with Gasteiger partial charge in [0.2, 0.25) is 0 Å². The number of amides is 1. The maximum Gasteiger partial charge on any atom is 0.268 e. The molecule has 3 nitrogen and oxygen atoms in total. The van der Waals surface area contributed by atoms with Gasteiger partial charge in [-0.2, -0.15) is 0 Å². The summed E-state index contributed by atoms with van der Waals surface area (Å²) in [6.07, 6.45) is 0. The van der Waals surface area contributed by atoms with Gasteiger partial charge < -0.3 is 10.3 Å². The van der Waals surface area contributed by atoms with Gasteiger partial charge in [-0.05, 0) is 30.7 Å². The molecular weight excluding hydrogens is 303 g/mol. The summed E-state index contributed by atoms with van der Waals surface area (Å²) in [5.41, 5.74) is 2.68. The van der Waals surface area contributed by atoms with Gasteiger partial charge in [0.05, 0.1) is 0 Å². The van der Waals surface area contributed by atoms with Crippen LogP contribution in [-0.4, -0.2) is 10.9 Å². The average Bonchev–Trinajstić information content (AvgIpc) is 2.84. The molecule has 0 bridgehead atoms. The van der Waals surface area contributed by atoms with Crippen LogP contribution in [0.3, 0.4) is 0 Å². The van der Waals surface area contributed by atoms with E-state index >= 15 is 0 Å². The number of H-pyrrole nitrogens is 1. The first kappa shape index (κ1) is 14.6. The number of hydrogen-bond donors (Lipinski definition) is 2. The van der Waals surface area contributed by atoms with E-state index in [0.29, 0.717) is 16.3 Å². The molecule has 0 aliphatic heterocycles. The number of carbonyl (C=O) groups is 1. The highest BCUT2D eigenvalue weighted by atomic mass is 35.5. The second-order valence-corrected chi connectivity index (χ2v) is 5.53. The third-order valence-electron chi connectivity index (χ3n) is 3.65. The molecule has 1 amide bonds. The van der Waals surface area contributed by atoms with Gasteiger partial charge in [0.1, 0.15) is 11.5 Å². The van der Waals surface area contributed by atoms with Crippen molar-refractivity contribution in [3.63, 3.8) is 0 Å². The van der Waals surface area contributed by atoms with Crippen molar-refractivity contribution in [3.05, 3.63) is 70.1 Å². The van der Waals surface area contributed by atoms with Crippen molar-refractivity contribution in [2.75, 3.05) is 0 Å². The van der Waals surface area contributed by atoms with Gasteiger partial charge >= 0.3 is 0 Å². The molecule has 0 fully saturated rings. The quantitative estimate of drug-likeness (QED) is 0.747. The monoisotopic (exact) mass is 316 g/mol. The van der Waals surface area contributed by atoms with Crippen LogP contribution in [-0.2, 0) is 6.54 Å². The number of aromatic amines is 1. The largest absolute Gasteiger partial charge is 0.350 e. The van der Waals surface area contributed by atoms with E-state index in [0.717, 1.165) is 16.5 Å². The molecule has 22 heavy (non-hydrogen) atoms. The van der Waals surface area contributed by atoms with Crippen LogP contribution in [0.1, 0.15) is 21.6 Å². The Bertz CT molecular complexity index is 857. The summed E-state index contributed by atoms with van der Waals surface area (Å²) in [7, 11) is 0. The van der Waals surface area contributed by atoms with Crippen LogP contribution in [0.25, 0.3) is 10.9 Å². The molecule has 1 heterocycles. The van der Waals surface area contributed by atoms with Crippen molar-refractivity contribution in [2.45, 2.75) is 13.5 Å². The first-order valence-corrected chi connectivity index (χ1v) is 7.23. The van der Waals surface area contributed by atoms with Crippen LogP contribution in [0.2, 0.25) is 5.02 Å². The molecule has 0 atom stereocenters. The molecular formula is C17H14ClFN2O. The number of nitrogens with one attached hydrogen (secondary N) is 2. The Hall–Kier alpha value is -2.33. The second-order valence-electron chi connectivity index (χ2n) is 5.09. The second kappa shape index (κ2) is 5.81. The topological polar surface area (TPSA) is 44.9 Å². The summed E-state index contributed by atoms with van der Waals surface area (Å²) in [4.78, 5) is 15.4. The molecule has 112 valence electrons. The van der Waals surface area contributed by atoms with Crippen LogP contribution < -0.4 is 5.32 Å². The fourth-order valence-electron chi connectivity index (χ4n) is 2.44. The van der Waals surface area contributed by atoms with Crippen LogP contribution in [0.15, 0.2) is 42.5 Å². The highest BCUT2D eigenvalue weighted by molar-refractivity contribution is 6.30. The van der Waals surface area contributed by atoms with E-state index in [4.69, 9.17) is 11.6 Å². The van der Waals surface area contributed by atoms with Gasteiger partial charge in [0.25, 0.3) is 5.91 Å². The van der Waals surface area contributed by atoms with E-state index in [1.54, 1.807) is 12.1 Å². The summed E-state index contributed by atoms with van der Waals surface area (Å²) < 4.78 is 13.7. The molecule has 2 aromatic carbocycles. The molecule has 0 radical (unpaired) electrons. The van der Waals surface area contributed by atoms with Gasteiger partial charge in [-0.15, -0.1) is 0 Å². The lowest BCUT2D eigenvalue weighted by Gasteiger charge is -2.06. The van der Waals surface area contributed by atoms with Crippen molar-refractivity contribution in [3.8, 4) is 0 Å². The summed E-state index contributed by atoms with van der Waals surface area (Å²) >= 11 is 5.71. The molecule has 0 aliphatic carbocycles. The number of hydrogen-bond acceptors (Lipinski definition) is 1. The summed E-state index contributed by atoms with van der Waals surface area (Å²) in [6.45, 7) is 1.99. The number of aromatic nitrogens is 1. The number of halogens is 2. The Morgan fingerprint density at radius 3 is 2.77 bits per heavy atom. The molecule has 0 unspecified atom stereocenters. The van der Waals surface area contributed by atoms with E-state index in [2.05, 4.69) is 10.3 Å². The standard InChI is InChI=1S/C17H14ClFN2O/c1-10-13-4-2-3-5-15(13)21-16(10)17(22)20-9-11-6-7-12(18)8-14(11)19/h2-8,21H,9H2,1H3,(H,20,22). The Morgan fingerprint density at radius 1 is 1.27 bits per heavy atom. The average molecular weight is 317 g/mol. The molecule has 0 spiro atoms. The fraction of sp³-hybridized carbons (Fsp3) is 0.118. The highest BCUT2D eigenvalue weighted by Crippen LogP contribution is 2.21. The molecule has 0 saturated heterocycles. The van der Waals surface area contributed by atoms with E-state index in [1.165, 1.54) is 6.07 Å². The number of para-hydroxylation sites is 1. The maximum atomic E-state index is 13.7. The lowest BCUT2D eigenvalue weighted by Crippen LogP contribution is -2.24. The first-order chi connectivity index (χ1) is 10.6. The van der Waals surface area contributed by atoms with Gasteiger partial charge in [-0.1, -0.05) is 35.9 Å². The zero-order valence-electron chi connectivity index (χ0n) is 11.9. The van der Waals surface area contributed by atoms with Crippen LogP contribution >= 0.6 is 11.6 Å². The van der Waals surface area contributed by atoms with Crippen molar-refractivity contribution in [1.29, 1.82) is 0 Å². The maximum absolute atomic E-state index is 13.7. The van der Waals surface area contributed by atoms with Crippen molar-refractivity contribution < 1.29 is 9.18 Å². The fourth-order valence-corrected chi connectivity index (χ4v) is 2.60. The van der Waals surface area contributed by atoms with Crippen molar-refractivity contribution in [2.24, 2.45) is 0 Å². The Labute approximate surface area is 132 Å². The predicted molar refractivity (Wildman–Crippen MR) is 85.6 cm³/mol. The van der Waals surface area contributed by atoms with Gasteiger partial charge in [0, 0.05) is 28.0 Å². The van der Waals surface area contributed by atoms with Crippen LogP contribution in [0.4, 0.5) is 4.39 Å². The first-order valence-electron chi connectivity index (χ1n) is 6.85. The third kappa shape index (κ3) is 2.70. The van der Waals surface area contributed by atoms with E-state index in [1.807, 2.05) is 31.2 Å². The molecule has 5 heteroatoms. The third-order valence-corrected chi connectivity index (χ3v) is 3.88. The normalized spacial score (nSPS) is 10.9. The van der Waals surface area contributed by atoms with Gasteiger partial charge in [-0.3, -0.25) is 4.79 Å². The van der Waals surface area contributed by atoms with Crippen LogP contribution in [0.5, 0.6) is 0 Å². The highest BCUT2D eigenvalue weighted by Gasteiger charge is 2.14. The molecule has 2 N–H and O–H groups in total. The summed E-state index contributed by atoms with van der Waals surface area (Å²) in [5, 5.41) is 4.06. The Morgan fingerprint density at radius 2 is 2.05 bits per heavy atom. The zero-order chi connectivity index (χ0) is 15.7. The molecule has 0 saturated carbocycles. The Kier molecular flexibility index (Phi) is 3.86. The molecule has 3 aromatic rings. The van der Waals surface area contributed by atoms with E-state index in [-0.39, 0.29) is 12.5 Å². The smallest absolute Gasteiger partial charge is 0.268 e. The number of carbonyl (C=O) groups excluding carboxylic acids is 1. The molecule has 0 aliphatic rings. The minimum absolute atomic E-state index is 0.108. The molecule has 3 rings (SSSR count). The number of benzene rings is 2.